The minimum absolute atomic E-state index is 0.106. The van der Waals surface area contributed by atoms with E-state index in [0.717, 1.165) is 17.4 Å². The minimum atomic E-state index is -1.37. The summed E-state index contributed by atoms with van der Waals surface area (Å²) in [4.78, 5) is 89.8. The Hall–Kier alpha value is -4.82. The first-order valence-electron chi connectivity index (χ1n) is 13.0. The Balaban J connectivity index is 2.16. The molecule has 0 radical (unpaired) electrons. The van der Waals surface area contributed by atoms with E-state index in [9.17, 15) is 33.6 Å². The molecule has 0 saturated carbocycles. The van der Waals surface area contributed by atoms with Gasteiger partial charge in [0.2, 0.25) is 17.6 Å². The Morgan fingerprint density at radius 2 is 1.78 bits per heavy atom. The fraction of sp³-hybridized carbons (Fsp3) is 0.462. The highest BCUT2D eigenvalue weighted by Gasteiger charge is 2.26. The van der Waals surface area contributed by atoms with Gasteiger partial charge >= 0.3 is 5.97 Å². The zero-order valence-electron chi connectivity index (χ0n) is 23.1. The number of nitrogens with one attached hydrogen (secondary N) is 4. The van der Waals surface area contributed by atoms with Gasteiger partial charge in [0.05, 0.1) is 12.5 Å². The first-order valence-corrected chi connectivity index (χ1v) is 13.0. The molecule has 0 aliphatic carbocycles. The van der Waals surface area contributed by atoms with E-state index in [0.29, 0.717) is 12.5 Å². The van der Waals surface area contributed by atoms with Gasteiger partial charge in [0.1, 0.15) is 30.5 Å². The number of anilines is 1. The number of carboxylic acid groups (broad SMARTS) is 1. The van der Waals surface area contributed by atoms with Crippen LogP contribution in [0, 0.1) is 5.92 Å². The van der Waals surface area contributed by atoms with Crippen LogP contribution >= 0.6 is 0 Å². The average molecular weight is 574 g/mol. The summed E-state index contributed by atoms with van der Waals surface area (Å²) in [6, 6.07) is 1.42. The summed E-state index contributed by atoms with van der Waals surface area (Å²) in [6.07, 6.45) is 4.97. The lowest BCUT2D eigenvalue weighted by molar-refractivity contribution is -0.141. The lowest BCUT2D eigenvalue weighted by atomic mass is 10.0. The molecule has 4 amide bonds. The molecule has 2 aromatic heterocycles. The molecule has 1 atom stereocenters. The van der Waals surface area contributed by atoms with Crippen molar-refractivity contribution < 1.29 is 33.9 Å². The maximum Gasteiger partial charge on any atom is 0.322 e. The van der Waals surface area contributed by atoms with E-state index in [4.69, 9.17) is 5.11 Å². The molecule has 0 saturated heterocycles. The summed E-state index contributed by atoms with van der Waals surface area (Å²) in [5.74, 6) is -5.11. The third-order valence-electron chi connectivity index (χ3n) is 6.32. The van der Waals surface area contributed by atoms with Crippen LogP contribution in [0.3, 0.4) is 0 Å². The van der Waals surface area contributed by atoms with Gasteiger partial charge in [-0.05, 0) is 24.5 Å². The largest absolute Gasteiger partial charge is 0.480 e. The number of imidazole rings is 1. The van der Waals surface area contributed by atoms with Crippen molar-refractivity contribution in [2.24, 2.45) is 13.0 Å². The normalized spacial score (nSPS) is 11.4. The Bertz CT molecular complexity index is 1330. The molecule has 222 valence electrons. The zero-order chi connectivity index (χ0) is 30.5. The molecule has 2 rings (SSSR count). The quantitative estimate of drug-likeness (QED) is 0.162. The average Bonchev–Trinajstić information content (AvgIpc) is 3.37. The van der Waals surface area contributed by atoms with Crippen molar-refractivity contribution in [3.63, 3.8) is 0 Å². The second kappa shape index (κ2) is 15.7. The molecule has 15 nitrogen and oxygen atoms in total. The molecule has 0 aromatic carbocycles. The van der Waals surface area contributed by atoms with Crippen LogP contribution in [0.5, 0.6) is 0 Å². The molecule has 0 bridgehead atoms. The third kappa shape index (κ3) is 10.0. The highest BCUT2D eigenvalue weighted by Crippen LogP contribution is 2.08. The van der Waals surface area contributed by atoms with Gasteiger partial charge in [0, 0.05) is 26.2 Å². The summed E-state index contributed by atoms with van der Waals surface area (Å²) in [6.45, 7) is 3.48. The molecule has 2 heterocycles. The summed E-state index contributed by atoms with van der Waals surface area (Å²) < 4.78 is 2.52. The van der Waals surface area contributed by atoms with Crippen LogP contribution in [-0.4, -0.2) is 73.7 Å². The predicted octanol–water partition coefficient (Wildman–Crippen LogP) is -0.579. The molecule has 0 fully saturated rings. The molecule has 41 heavy (non-hydrogen) atoms. The van der Waals surface area contributed by atoms with Crippen LogP contribution in [0.25, 0.3) is 0 Å². The summed E-state index contributed by atoms with van der Waals surface area (Å²) in [5, 5.41) is 18.3. The number of pyridine rings is 1. The second-order valence-electron chi connectivity index (χ2n) is 9.28. The Labute approximate surface area is 235 Å². The van der Waals surface area contributed by atoms with Gasteiger partial charge in [-0.3, -0.25) is 33.6 Å². The number of nitrogens with zero attached hydrogens (tertiary/aromatic N) is 3. The van der Waals surface area contributed by atoms with Gasteiger partial charge in [-0.2, -0.15) is 0 Å². The number of rotatable bonds is 16. The first kappa shape index (κ1) is 32.4. The van der Waals surface area contributed by atoms with E-state index in [1.165, 1.54) is 35.4 Å². The number of hydrogen-bond donors (Lipinski definition) is 5. The standard InChI is InChI=1S/C26H35N7O8/c1-4-16(5-2)11-28-21(35)14-33-10-6-7-18(26(33)41)31-23(38)17(30-24(39)19-12-27-15-32(19)3)8-9-20(34)25(40)29-13-22(36)37/h6-7,10,12,15-17H,4-5,8-9,11,13-14H2,1-3H3,(H,28,35)(H,29,40)(H,30,39)(H,31,38)(H,36,37). The molecule has 0 spiro atoms. The summed E-state index contributed by atoms with van der Waals surface area (Å²) in [5.41, 5.74) is -0.732. The van der Waals surface area contributed by atoms with E-state index in [1.807, 2.05) is 19.2 Å². The van der Waals surface area contributed by atoms with Crippen molar-refractivity contribution in [2.45, 2.75) is 52.1 Å². The maximum atomic E-state index is 13.2. The predicted molar refractivity (Wildman–Crippen MR) is 146 cm³/mol. The fourth-order valence-electron chi connectivity index (χ4n) is 3.74. The molecule has 15 heteroatoms. The summed E-state index contributed by atoms with van der Waals surface area (Å²) in [7, 11) is 1.56. The van der Waals surface area contributed by atoms with E-state index in [1.54, 1.807) is 7.05 Å². The number of aliphatic carboxylic acids is 1. The van der Waals surface area contributed by atoms with E-state index >= 15 is 0 Å². The van der Waals surface area contributed by atoms with Crippen LogP contribution in [0.4, 0.5) is 5.69 Å². The zero-order valence-corrected chi connectivity index (χ0v) is 23.1. The smallest absolute Gasteiger partial charge is 0.322 e. The molecular formula is C26H35N7O8. The van der Waals surface area contributed by atoms with Crippen LogP contribution in [0.15, 0.2) is 35.6 Å². The second-order valence-corrected chi connectivity index (χ2v) is 9.28. The van der Waals surface area contributed by atoms with Crippen molar-refractivity contribution in [1.29, 1.82) is 0 Å². The van der Waals surface area contributed by atoms with Gasteiger partial charge < -0.3 is 35.5 Å². The van der Waals surface area contributed by atoms with E-state index < -0.39 is 54.0 Å². The van der Waals surface area contributed by atoms with Crippen molar-refractivity contribution in [1.82, 2.24) is 30.1 Å². The SMILES string of the molecule is CCC(CC)CNC(=O)Cn1cccc(NC(=O)C(CCC(=O)C(=O)NCC(=O)O)NC(=O)c2cncn2C)c1=O. The number of carboxylic acids is 1. The van der Waals surface area contributed by atoms with Gasteiger partial charge in [-0.15, -0.1) is 0 Å². The number of carbonyl (C=O) groups excluding carboxylic acids is 5. The van der Waals surface area contributed by atoms with Gasteiger partial charge in [-0.25, -0.2) is 4.98 Å². The van der Waals surface area contributed by atoms with Crippen molar-refractivity contribution >= 4 is 41.1 Å². The number of amides is 4. The number of hydrogen-bond acceptors (Lipinski definition) is 8. The lowest BCUT2D eigenvalue weighted by Crippen LogP contribution is -2.46. The van der Waals surface area contributed by atoms with Gasteiger partial charge in [0.25, 0.3) is 17.4 Å². The fourth-order valence-corrected chi connectivity index (χ4v) is 3.74. The van der Waals surface area contributed by atoms with Crippen molar-refractivity contribution in [2.75, 3.05) is 18.4 Å². The monoisotopic (exact) mass is 573 g/mol. The maximum absolute atomic E-state index is 13.2. The number of ketones is 1. The van der Waals surface area contributed by atoms with Crippen molar-refractivity contribution in [3.8, 4) is 0 Å². The number of carbonyl (C=O) groups is 6. The summed E-state index contributed by atoms with van der Waals surface area (Å²) >= 11 is 0. The molecule has 0 aliphatic heterocycles. The van der Waals surface area contributed by atoms with E-state index in [-0.39, 0.29) is 30.3 Å². The van der Waals surface area contributed by atoms with Crippen LogP contribution in [0.2, 0.25) is 0 Å². The van der Waals surface area contributed by atoms with Gasteiger partial charge in [0.15, 0.2) is 0 Å². The van der Waals surface area contributed by atoms with Crippen LogP contribution in [0.1, 0.15) is 50.0 Å². The molecule has 5 N–H and O–H groups in total. The number of aromatic nitrogens is 3. The van der Waals surface area contributed by atoms with Crippen LogP contribution < -0.4 is 26.8 Å². The Morgan fingerprint density at radius 1 is 1.07 bits per heavy atom. The van der Waals surface area contributed by atoms with E-state index in [2.05, 4.69) is 20.9 Å². The molecular weight excluding hydrogens is 538 g/mol. The lowest BCUT2D eigenvalue weighted by Gasteiger charge is -2.18. The van der Waals surface area contributed by atoms with Gasteiger partial charge in [-0.1, -0.05) is 26.7 Å². The Morgan fingerprint density at radius 3 is 2.39 bits per heavy atom. The Kier molecular flexibility index (Phi) is 12.4. The third-order valence-corrected chi connectivity index (χ3v) is 6.32. The van der Waals surface area contributed by atoms with Crippen LogP contribution in [-0.2, 0) is 37.6 Å². The molecule has 1 unspecified atom stereocenters. The molecule has 2 aromatic rings. The highest BCUT2D eigenvalue weighted by atomic mass is 16.4. The topological polar surface area (TPSA) is 211 Å². The first-order chi connectivity index (χ1) is 19.5. The molecule has 0 aliphatic rings. The highest BCUT2D eigenvalue weighted by molar-refractivity contribution is 6.36. The number of Topliss-reactive ketones (excluding diaryl/α,β-unsaturated/α-hetero) is 1. The van der Waals surface area contributed by atoms with Crippen molar-refractivity contribution in [3.05, 3.63) is 46.9 Å². The minimum Gasteiger partial charge on any atom is -0.480 e. The number of aryl methyl sites for hydroxylation is 1.